The van der Waals surface area contributed by atoms with Gasteiger partial charge in [0.05, 0.1) is 24.8 Å². The predicted molar refractivity (Wildman–Crippen MR) is 90.3 cm³/mol. The Kier molecular flexibility index (Phi) is 4.92. The van der Waals surface area contributed by atoms with Crippen LogP contribution in [0.4, 0.5) is 5.69 Å². The maximum atomic E-state index is 12.6. The zero-order valence-corrected chi connectivity index (χ0v) is 14.2. The molecule has 1 saturated carbocycles. The molecule has 0 spiro atoms. The van der Waals surface area contributed by atoms with Crippen molar-refractivity contribution in [3.05, 3.63) is 18.2 Å². The lowest BCUT2D eigenvalue weighted by Gasteiger charge is -2.17. The number of carbonyl (C=O) groups excluding carboxylic acids is 2. The zero-order chi connectivity index (χ0) is 17.1. The van der Waals surface area contributed by atoms with Gasteiger partial charge in [-0.05, 0) is 38.8 Å². The Balaban J connectivity index is 1.70. The van der Waals surface area contributed by atoms with Crippen molar-refractivity contribution >= 4 is 17.5 Å². The molecule has 1 heterocycles. The molecule has 2 amide bonds. The van der Waals surface area contributed by atoms with Crippen LogP contribution in [-0.4, -0.2) is 42.5 Å². The van der Waals surface area contributed by atoms with Gasteiger partial charge in [0.2, 0.25) is 11.8 Å². The number of amides is 2. The normalized spacial score (nSPS) is 20.2. The highest BCUT2D eigenvalue weighted by Crippen LogP contribution is 2.34. The van der Waals surface area contributed by atoms with E-state index in [-0.39, 0.29) is 24.2 Å². The first-order chi connectivity index (χ1) is 11.6. The van der Waals surface area contributed by atoms with Crippen LogP contribution >= 0.6 is 0 Å². The third-order valence-corrected chi connectivity index (χ3v) is 4.34. The van der Waals surface area contributed by atoms with E-state index < -0.39 is 0 Å². The zero-order valence-electron chi connectivity index (χ0n) is 14.2. The van der Waals surface area contributed by atoms with Crippen molar-refractivity contribution in [1.82, 2.24) is 4.90 Å². The van der Waals surface area contributed by atoms with Gasteiger partial charge in [-0.25, -0.2) is 0 Å². The van der Waals surface area contributed by atoms with Crippen LogP contribution in [0.3, 0.4) is 0 Å². The van der Waals surface area contributed by atoms with Crippen molar-refractivity contribution in [2.45, 2.75) is 39.2 Å². The van der Waals surface area contributed by atoms with Crippen LogP contribution in [0.2, 0.25) is 0 Å². The minimum absolute atomic E-state index is 0.0887. The number of likely N-dealkylation sites (tertiary alicyclic amines) is 1. The molecule has 6 heteroatoms. The van der Waals surface area contributed by atoms with Crippen LogP contribution in [0.25, 0.3) is 0 Å². The molecule has 0 aromatic heterocycles. The molecule has 1 aromatic rings. The smallest absolute Gasteiger partial charge is 0.229 e. The second-order valence-electron chi connectivity index (χ2n) is 6.19. The van der Waals surface area contributed by atoms with Gasteiger partial charge in [0.1, 0.15) is 11.5 Å². The van der Waals surface area contributed by atoms with Crippen LogP contribution in [0.15, 0.2) is 18.2 Å². The van der Waals surface area contributed by atoms with Gasteiger partial charge in [0.15, 0.2) is 0 Å². The number of ether oxygens (including phenoxy) is 2. The van der Waals surface area contributed by atoms with E-state index in [2.05, 4.69) is 5.32 Å². The molecule has 1 N–H and O–H groups in total. The van der Waals surface area contributed by atoms with Crippen LogP contribution in [0.1, 0.15) is 33.1 Å². The summed E-state index contributed by atoms with van der Waals surface area (Å²) in [7, 11) is 0. The number of anilines is 1. The first-order valence-electron chi connectivity index (χ1n) is 8.62. The SMILES string of the molecule is CCOc1ccc(OCC)c(NC(=O)[C@@H]2CC(=O)N(C3CC3)C2)c1. The van der Waals surface area contributed by atoms with E-state index in [9.17, 15) is 9.59 Å². The molecule has 0 bridgehead atoms. The van der Waals surface area contributed by atoms with Gasteiger partial charge in [-0.1, -0.05) is 0 Å². The number of nitrogens with zero attached hydrogens (tertiary/aromatic N) is 1. The number of hydrogen-bond donors (Lipinski definition) is 1. The number of hydrogen-bond acceptors (Lipinski definition) is 4. The highest BCUT2D eigenvalue weighted by molar-refractivity contribution is 5.98. The molecule has 130 valence electrons. The molecule has 2 fully saturated rings. The van der Waals surface area contributed by atoms with Crippen LogP contribution in [0.5, 0.6) is 11.5 Å². The van der Waals surface area contributed by atoms with Gasteiger partial charge < -0.3 is 19.7 Å². The highest BCUT2D eigenvalue weighted by atomic mass is 16.5. The summed E-state index contributed by atoms with van der Waals surface area (Å²) in [5, 5.41) is 2.91. The molecule has 3 rings (SSSR count). The molecular weight excluding hydrogens is 308 g/mol. The summed E-state index contributed by atoms with van der Waals surface area (Å²) in [6, 6.07) is 5.73. The first-order valence-corrected chi connectivity index (χ1v) is 8.62. The van der Waals surface area contributed by atoms with Crippen molar-refractivity contribution in [2.24, 2.45) is 5.92 Å². The topological polar surface area (TPSA) is 67.9 Å². The molecule has 0 radical (unpaired) electrons. The molecule has 1 aliphatic carbocycles. The third kappa shape index (κ3) is 3.63. The number of nitrogens with one attached hydrogen (secondary N) is 1. The fourth-order valence-corrected chi connectivity index (χ4v) is 3.03. The Hall–Kier alpha value is -2.24. The first kappa shape index (κ1) is 16.6. The second-order valence-corrected chi connectivity index (χ2v) is 6.19. The summed E-state index contributed by atoms with van der Waals surface area (Å²) in [6.45, 7) is 5.38. The summed E-state index contributed by atoms with van der Waals surface area (Å²) in [5.41, 5.74) is 0.588. The van der Waals surface area contributed by atoms with E-state index in [0.29, 0.717) is 43.0 Å². The van der Waals surface area contributed by atoms with Gasteiger partial charge in [-0.3, -0.25) is 9.59 Å². The van der Waals surface area contributed by atoms with Crippen LogP contribution in [-0.2, 0) is 9.59 Å². The average molecular weight is 332 g/mol. The molecule has 1 saturated heterocycles. The maximum absolute atomic E-state index is 12.6. The Morgan fingerprint density at radius 2 is 2.00 bits per heavy atom. The predicted octanol–water partition coefficient (Wildman–Crippen LogP) is 2.43. The Morgan fingerprint density at radius 1 is 1.25 bits per heavy atom. The fourth-order valence-electron chi connectivity index (χ4n) is 3.03. The summed E-state index contributed by atoms with van der Waals surface area (Å²) in [4.78, 5) is 26.5. The fraction of sp³-hybridized carbons (Fsp3) is 0.556. The van der Waals surface area contributed by atoms with Crippen LogP contribution in [0, 0.1) is 5.92 Å². The minimum atomic E-state index is -0.302. The van der Waals surface area contributed by atoms with Crippen molar-refractivity contribution in [3.63, 3.8) is 0 Å². The Bertz CT molecular complexity index is 627. The lowest BCUT2D eigenvalue weighted by atomic mass is 10.1. The third-order valence-electron chi connectivity index (χ3n) is 4.34. The van der Waals surface area contributed by atoms with E-state index in [4.69, 9.17) is 9.47 Å². The quantitative estimate of drug-likeness (QED) is 0.833. The average Bonchev–Trinajstić information content (AvgIpc) is 3.32. The largest absolute Gasteiger partial charge is 0.494 e. The van der Waals surface area contributed by atoms with Crippen molar-refractivity contribution in [2.75, 3.05) is 25.1 Å². The minimum Gasteiger partial charge on any atom is -0.494 e. The molecular formula is C18H24N2O4. The van der Waals surface area contributed by atoms with E-state index >= 15 is 0 Å². The Labute approximate surface area is 142 Å². The molecule has 1 aliphatic heterocycles. The van der Waals surface area contributed by atoms with Crippen molar-refractivity contribution in [1.29, 1.82) is 0 Å². The molecule has 2 aliphatic rings. The van der Waals surface area contributed by atoms with E-state index in [1.807, 2.05) is 24.8 Å². The van der Waals surface area contributed by atoms with Crippen molar-refractivity contribution < 1.29 is 19.1 Å². The highest BCUT2D eigenvalue weighted by Gasteiger charge is 2.41. The standard InChI is InChI=1S/C18H24N2O4/c1-3-23-14-7-8-16(24-4-2)15(10-14)19-18(22)12-9-17(21)20(11-12)13-5-6-13/h7-8,10,12-13H,3-6,9,11H2,1-2H3,(H,19,22)/t12-/m1/s1. The van der Waals surface area contributed by atoms with Crippen LogP contribution < -0.4 is 14.8 Å². The molecule has 1 atom stereocenters. The number of carbonyl (C=O) groups is 2. The number of benzene rings is 1. The van der Waals surface area contributed by atoms with E-state index in [1.54, 1.807) is 12.1 Å². The van der Waals surface area contributed by atoms with Gasteiger partial charge in [-0.2, -0.15) is 0 Å². The number of rotatable bonds is 7. The molecule has 24 heavy (non-hydrogen) atoms. The summed E-state index contributed by atoms with van der Waals surface area (Å²) >= 11 is 0. The molecule has 0 unspecified atom stereocenters. The van der Waals surface area contributed by atoms with Gasteiger partial charge >= 0.3 is 0 Å². The Morgan fingerprint density at radius 3 is 2.67 bits per heavy atom. The maximum Gasteiger partial charge on any atom is 0.229 e. The van der Waals surface area contributed by atoms with Gasteiger partial charge in [-0.15, -0.1) is 0 Å². The monoisotopic (exact) mass is 332 g/mol. The van der Waals surface area contributed by atoms with Gasteiger partial charge in [0, 0.05) is 25.1 Å². The summed E-state index contributed by atoms with van der Waals surface area (Å²) in [6.07, 6.45) is 2.41. The summed E-state index contributed by atoms with van der Waals surface area (Å²) in [5.74, 6) is 0.936. The lowest BCUT2D eigenvalue weighted by Crippen LogP contribution is -2.30. The van der Waals surface area contributed by atoms with Gasteiger partial charge in [0.25, 0.3) is 0 Å². The second kappa shape index (κ2) is 7.11. The van der Waals surface area contributed by atoms with Crippen molar-refractivity contribution in [3.8, 4) is 11.5 Å². The van der Waals surface area contributed by atoms with E-state index in [1.165, 1.54) is 0 Å². The lowest BCUT2D eigenvalue weighted by molar-refractivity contribution is -0.128. The molecule has 6 nitrogen and oxygen atoms in total. The molecule has 1 aromatic carbocycles. The van der Waals surface area contributed by atoms with E-state index in [0.717, 1.165) is 12.8 Å². The summed E-state index contributed by atoms with van der Waals surface area (Å²) < 4.78 is 11.1.